The van der Waals surface area contributed by atoms with Crippen LogP contribution in [0, 0.1) is 0 Å². The van der Waals surface area contributed by atoms with Crippen LogP contribution in [0.2, 0.25) is 0 Å². The molecule has 43 heavy (non-hydrogen) atoms. The van der Waals surface area contributed by atoms with E-state index < -0.39 is 11.7 Å². The SMILES string of the molecule is CCCN(Cc1ccc(CNC(=O)OC(C)(C)C)cc1)C(=O)C1=Cc2ccc(C(=O)Nc3ccccc3)cc2N=C(N)C1. The smallest absolute Gasteiger partial charge is 0.407 e. The Balaban J connectivity index is 1.46. The van der Waals surface area contributed by atoms with Gasteiger partial charge in [-0.25, -0.2) is 9.79 Å². The molecule has 0 saturated heterocycles. The number of amides is 3. The van der Waals surface area contributed by atoms with Gasteiger partial charge in [0.15, 0.2) is 0 Å². The summed E-state index contributed by atoms with van der Waals surface area (Å²) in [4.78, 5) is 44.9. The molecule has 0 radical (unpaired) electrons. The van der Waals surface area contributed by atoms with Gasteiger partial charge in [0.05, 0.1) is 5.69 Å². The number of carbonyl (C=O) groups is 3. The molecule has 0 bridgehead atoms. The third-order valence-corrected chi connectivity index (χ3v) is 6.58. The van der Waals surface area contributed by atoms with Gasteiger partial charge in [-0.15, -0.1) is 0 Å². The maximum Gasteiger partial charge on any atom is 0.407 e. The molecule has 0 aromatic heterocycles. The first-order valence-electron chi connectivity index (χ1n) is 14.4. The Morgan fingerprint density at radius 1 is 0.977 bits per heavy atom. The number of nitrogens with zero attached hydrogens (tertiary/aromatic N) is 2. The minimum atomic E-state index is -0.559. The lowest BCUT2D eigenvalue weighted by atomic mass is 10.0. The zero-order valence-corrected chi connectivity index (χ0v) is 25.1. The highest BCUT2D eigenvalue weighted by Crippen LogP contribution is 2.29. The molecule has 1 heterocycles. The zero-order chi connectivity index (χ0) is 31.0. The summed E-state index contributed by atoms with van der Waals surface area (Å²) in [5.74, 6) is -0.0697. The average Bonchev–Trinajstić information content (AvgIpc) is 3.13. The van der Waals surface area contributed by atoms with Crippen LogP contribution in [-0.4, -0.2) is 40.8 Å². The predicted molar refractivity (Wildman–Crippen MR) is 170 cm³/mol. The largest absolute Gasteiger partial charge is 0.444 e. The lowest BCUT2D eigenvalue weighted by molar-refractivity contribution is -0.127. The molecule has 0 aliphatic carbocycles. The minimum Gasteiger partial charge on any atom is -0.444 e. The number of carbonyl (C=O) groups excluding carboxylic acids is 3. The van der Waals surface area contributed by atoms with Crippen molar-refractivity contribution in [2.75, 3.05) is 11.9 Å². The second-order valence-corrected chi connectivity index (χ2v) is 11.4. The van der Waals surface area contributed by atoms with Crippen LogP contribution in [0.4, 0.5) is 16.2 Å². The molecule has 0 fully saturated rings. The first kappa shape index (κ1) is 31.0. The number of para-hydroxylation sites is 1. The topological polar surface area (TPSA) is 126 Å². The van der Waals surface area contributed by atoms with E-state index >= 15 is 0 Å². The van der Waals surface area contributed by atoms with Gasteiger partial charge >= 0.3 is 6.09 Å². The van der Waals surface area contributed by atoms with Crippen LogP contribution in [0.3, 0.4) is 0 Å². The molecule has 9 nitrogen and oxygen atoms in total. The predicted octanol–water partition coefficient (Wildman–Crippen LogP) is 6.18. The number of amidine groups is 1. The highest BCUT2D eigenvalue weighted by atomic mass is 16.6. The normalized spacial score (nSPS) is 12.7. The van der Waals surface area contributed by atoms with Crippen molar-refractivity contribution in [1.29, 1.82) is 0 Å². The second kappa shape index (κ2) is 13.8. The van der Waals surface area contributed by atoms with Gasteiger partial charge in [0.2, 0.25) is 0 Å². The van der Waals surface area contributed by atoms with Crippen molar-refractivity contribution in [2.45, 2.75) is 59.2 Å². The summed E-state index contributed by atoms with van der Waals surface area (Å²) >= 11 is 0. The molecule has 4 N–H and O–H groups in total. The number of hydrogen-bond donors (Lipinski definition) is 3. The molecule has 3 aromatic carbocycles. The highest BCUT2D eigenvalue weighted by molar-refractivity contribution is 6.07. The van der Waals surface area contributed by atoms with Crippen molar-refractivity contribution in [3.63, 3.8) is 0 Å². The van der Waals surface area contributed by atoms with Crippen LogP contribution in [0.5, 0.6) is 0 Å². The van der Waals surface area contributed by atoms with Gasteiger partial charge in [-0.05, 0) is 68.7 Å². The molecule has 0 unspecified atom stereocenters. The number of nitrogens with one attached hydrogen (secondary N) is 2. The lowest BCUT2D eigenvalue weighted by Gasteiger charge is -2.24. The van der Waals surface area contributed by atoms with E-state index in [0.717, 1.165) is 23.1 Å². The van der Waals surface area contributed by atoms with Crippen LogP contribution in [0.25, 0.3) is 6.08 Å². The maximum absolute atomic E-state index is 13.8. The molecule has 1 aliphatic rings. The van der Waals surface area contributed by atoms with Crippen molar-refractivity contribution in [1.82, 2.24) is 10.2 Å². The van der Waals surface area contributed by atoms with E-state index in [9.17, 15) is 14.4 Å². The monoisotopic (exact) mass is 581 g/mol. The molecule has 1 aliphatic heterocycles. The fraction of sp³-hybridized carbons (Fsp3) is 0.294. The van der Waals surface area contributed by atoms with E-state index in [4.69, 9.17) is 10.5 Å². The standard InChI is InChI=1S/C34H39N5O4/c1-5-17-39(22-24-13-11-23(12-14-24)21-36-33(42)43-34(2,3)4)32(41)27-18-25-15-16-26(19-29(25)38-30(35)20-27)31(40)37-28-9-7-6-8-10-28/h6-16,18-19H,5,17,20-22H2,1-4H3,(H2,35,38)(H,36,42)(H,37,40). The summed E-state index contributed by atoms with van der Waals surface area (Å²) in [6.07, 6.45) is 2.34. The van der Waals surface area contributed by atoms with Crippen molar-refractivity contribution in [3.05, 3.63) is 101 Å². The van der Waals surface area contributed by atoms with E-state index in [0.29, 0.717) is 48.0 Å². The summed E-state index contributed by atoms with van der Waals surface area (Å²) in [7, 11) is 0. The number of benzene rings is 3. The van der Waals surface area contributed by atoms with Crippen LogP contribution < -0.4 is 16.4 Å². The summed E-state index contributed by atoms with van der Waals surface area (Å²) < 4.78 is 5.29. The molecular weight excluding hydrogens is 542 g/mol. The number of aliphatic imine (C=N–C) groups is 1. The molecule has 0 atom stereocenters. The number of anilines is 1. The Labute approximate surface area is 252 Å². The van der Waals surface area contributed by atoms with Gasteiger partial charge < -0.3 is 26.0 Å². The van der Waals surface area contributed by atoms with E-state index in [-0.39, 0.29) is 18.2 Å². The highest BCUT2D eigenvalue weighted by Gasteiger charge is 2.22. The first-order chi connectivity index (χ1) is 20.5. The average molecular weight is 582 g/mol. The van der Waals surface area contributed by atoms with Gasteiger partial charge in [-0.1, -0.05) is 55.5 Å². The third kappa shape index (κ3) is 9.03. The molecule has 224 valence electrons. The van der Waals surface area contributed by atoms with E-state index in [1.54, 1.807) is 23.1 Å². The van der Waals surface area contributed by atoms with Crippen molar-refractivity contribution in [3.8, 4) is 0 Å². The third-order valence-electron chi connectivity index (χ3n) is 6.58. The first-order valence-corrected chi connectivity index (χ1v) is 14.4. The van der Waals surface area contributed by atoms with Gasteiger partial charge in [0.25, 0.3) is 11.8 Å². The van der Waals surface area contributed by atoms with E-state index in [1.165, 1.54) is 0 Å². The summed E-state index contributed by atoms with van der Waals surface area (Å²) in [6, 6.07) is 22.2. The fourth-order valence-electron chi connectivity index (χ4n) is 4.59. The van der Waals surface area contributed by atoms with Gasteiger partial charge in [-0.2, -0.15) is 0 Å². The number of nitrogens with two attached hydrogens (primary N) is 1. The summed E-state index contributed by atoms with van der Waals surface area (Å²) in [5, 5.41) is 5.63. The lowest BCUT2D eigenvalue weighted by Crippen LogP contribution is -2.33. The van der Waals surface area contributed by atoms with Crippen LogP contribution in [0.1, 0.15) is 67.6 Å². The summed E-state index contributed by atoms with van der Waals surface area (Å²) in [6.45, 7) is 8.82. The Hall–Kier alpha value is -4.92. The molecule has 0 spiro atoms. The van der Waals surface area contributed by atoms with Gasteiger partial charge in [0, 0.05) is 48.4 Å². The van der Waals surface area contributed by atoms with Crippen LogP contribution >= 0.6 is 0 Å². The van der Waals surface area contributed by atoms with Crippen molar-refractivity contribution in [2.24, 2.45) is 10.7 Å². The number of hydrogen-bond acceptors (Lipinski definition) is 6. The van der Waals surface area contributed by atoms with Gasteiger partial charge in [0.1, 0.15) is 11.4 Å². The van der Waals surface area contributed by atoms with E-state index in [2.05, 4.69) is 15.6 Å². The zero-order valence-electron chi connectivity index (χ0n) is 25.1. The van der Waals surface area contributed by atoms with E-state index in [1.807, 2.05) is 88.4 Å². The number of ether oxygens (including phenoxy) is 1. The van der Waals surface area contributed by atoms with Gasteiger partial charge in [-0.3, -0.25) is 9.59 Å². The quantitative estimate of drug-likeness (QED) is 0.278. The molecule has 0 saturated carbocycles. The Kier molecular flexibility index (Phi) is 9.98. The Bertz CT molecular complexity index is 1520. The number of alkyl carbamates (subject to hydrolysis) is 1. The number of fused-ring (bicyclic) bond motifs is 1. The minimum absolute atomic E-state index is 0.116. The molecule has 9 heteroatoms. The molecule has 3 amide bonds. The van der Waals surface area contributed by atoms with Crippen molar-refractivity contribution >= 4 is 41.2 Å². The number of rotatable bonds is 9. The molecular formula is C34H39N5O4. The second-order valence-electron chi connectivity index (χ2n) is 11.4. The molecule has 3 aromatic rings. The Morgan fingerprint density at radius 3 is 2.35 bits per heavy atom. The van der Waals surface area contributed by atoms with Crippen molar-refractivity contribution < 1.29 is 19.1 Å². The Morgan fingerprint density at radius 2 is 1.67 bits per heavy atom. The molecule has 4 rings (SSSR count). The van der Waals surface area contributed by atoms with Crippen LogP contribution in [0.15, 0.2) is 83.4 Å². The van der Waals surface area contributed by atoms with Crippen LogP contribution in [-0.2, 0) is 22.6 Å². The summed E-state index contributed by atoms with van der Waals surface area (Å²) in [5.41, 5.74) is 10.5. The maximum atomic E-state index is 13.8. The fourth-order valence-corrected chi connectivity index (χ4v) is 4.59.